The van der Waals surface area contributed by atoms with E-state index in [1.165, 1.54) is 12.5 Å². The van der Waals surface area contributed by atoms with E-state index in [1.54, 1.807) is 25.3 Å². The Kier molecular flexibility index (Phi) is 8.90. The number of ether oxygens (including phenoxy) is 4. The van der Waals surface area contributed by atoms with Crippen LogP contribution in [0.15, 0.2) is 72.8 Å². The fraction of sp³-hybridized carbons (Fsp3) is 0.235. The van der Waals surface area contributed by atoms with Crippen LogP contribution in [-0.4, -0.2) is 19.2 Å². The van der Waals surface area contributed by atoms with Crippen LogP contribution in [0.4, 0.5) is 4.79 Å². The zero-order valence-corrected chi connectivity index (χ0v) is 23.8. The second-order valence-corrected chi connectivity index (χ2v) is 10.0. The van der Waals surface area contributed by atoms with Crippen molar-refractivity contribution in [3.8, 4) is 23.0 Å². The molecule has 0 spiro atoms. The second-order valence-electron chi connectivity index (χ2n) is 10.0. The summed E-state index contributed by atoms with van der Waals surface area (Å²) in [5.41, 5.74) is 8.10. The first-order valence-corrected chi connectivity index (χ1v) is 13.1. The highest BCUT2D eigenvalue weighted by atomic mass is 16.7. The van der Waals surface area contributed by atoms with Gasteiger partial charge in [-0.15, -0.1) is 0 Å². The van der Waals surface area contributed by atoms with Gasteiger partial charge in [0.15, 0.2) is 0 Å². The van der Waals surface area contributed by atoms with Gasteiger partial charge >= 0.3 is 12.1 Å². The number of aryl methyl sites for hydroxylation is 4. The Morgan fingerprint density at radius 1 is 0.525 bits per heavy atom. The van der Waals surface area contributed by atoms with E-state index in [1.807, 2.05) is 70.2 Å². The predicted octanol–water partition coefficient (Wildman–Crippen LogP) is 7.61. The maximum Gasteiger partial charge on any atom is 0.519 e. The third-order valence-corrected chi connectivity index (χ3v) is 6.63. The molecule has 6 nitrogen and oxygen atoms in total. The largest absolute Gasteiger partial charge is 0.519 e. The number of benzene rings is 4. The van der Waals surface area contributed by atoms with Gasteiger partial charge in [-0.3, -0.25) is 4.79 Å². The highest BCUT2D eigenvalue weighted by Crippen LogP contribution is 2.27. The van der Waals surface area contributed by atoms with Crippen LogP contribution in [0.1, 0.15) is 51.4 Å². The van der Waals surface area contributed by atoms with Gasteiger partial charge in [-0.25, -0.2) is 4.79 Å². The van der Waals surface area contributed by atoms with Gasteiger partial charge in [0.05, 0.1) is 7.11 Å². The smallest absolute Gasteiger partial charge is 0.496 e. The molecule has 0 fully saturated rings. The molecule has 0 N–H and O–H groups in total. The summed E-state index contributed by atoms with van der Waals surface area (Å²) in [5.74, 6) is 2.00. The Bertz CT molecular complexity index is 1550. The van der Waals surface area contributed by atoms with Crippen molar-refractivity contribution in [2.24, 2.45) is 0 Å². The first kappa shape index (κ1) is 28.4. The van der Waals surface area contributed by atoms with E-state index in [2.05, 4.69) is 12.1 Å². The van der Waals surface area contributed by atoms with Crippen LogP contribution in [-0.2, 0) is 17.6 Å². The molecule has 4 rings (SSSR count). The van der Waals surface area contributed by atoms with E-state index in [4.69, 9.17) is 18.9 Å². The SMILES string of the molecule is COc1ccc(Cc2ccc(OC(=O)Oc3ccc(Cc4ccc(OC(C)=O)c(C)c4)cc3C)c(C)c2)cc1C. The van der Waals surface area contributed by atoms with Gasteiger partial charge in [0.2, 0.25) is 0 Å². The van der Waals surface area contributed by atoms with Crippen LogP contribution in [0.25, 0.3) is 0 Å². The number of hydrogen-bond donors (Lipinski definition) is 0. The molecular formula is C34H34O6. The minimum atomic E-state index is -0.783. The van der Waals surface area contributed by atoms with Crippen LogP contribution in [0.3, 0.4) is 0 Å². The highest BCUT2D eigenvalue weighted by molar-refractivity contribution is 5.70. The molecule has 0 aliphatic heterocycles. The zero-order chi connectivity index (χ0) is 28.8. The fourth-order valence-corrected chi connectivity index (χ4v) is 4.69. The van der Waals surface area contributed by atoms with Crippen molar-refractivity contribution in [1.29, 1.82) is 0 Å². The van der Waals surface area contributed by atoms with Gasteiger partial charge in [-0.05, 0) is 109 Å². The maximum atomic E-state index is 12.6. The predicted molar refractivity (Wildman–Crippen MR) is 155 cm³/mol. The lowest BCUT2D eigenvalue weighted by molar-refractivity contribution is -0.131. The van der Waals surface area contributed by atoms with Gasteiger partial charge < -0.3 is 18.9 Å². The Hall–Kier alpha value is -4.58. The molecule has 0 heterocycles. The van der Waals surface area contributed by atoms with Crippen molar-refractivity contribution < 1.29 is 28.5 Å². The molecule has 0 aromatic heterocycles. The lowest BCUT2D eigenvalue weighted by Gasteiger charge is -2.12. The molecule has 0 saturated carbocycles. The number of hydrogen-bond acceptors (Lipinski definition) is 6. The lowest BCUT2D eigenvalue weighted by atomic mass is 10.0. The molecule has 0 bridgehead atoms. The molecule has 0 aliphatic rings. The highest BCUT2D eigenvalue weighted by Gasteiger charge is 2.13. The molecule has 0 unspecified atom stereocenters. The quantitative estimate of drug-likeness (QED) is 0.131. The average Bonchev–Trinajstić information content (AvgIpc) is 2.89. The summed E-state index contributed by atoms with van der Waals surface area (Å²) < 4.78 is 21.6. The van der Waals surface area contributed by atoms with Gasteiger partial charge in [-0.2, -0.15) is 0 Å². The normalized spacial score (nSPS) is 10.7. The van der Waals surface area contributed by atoms with E-state index >= 15 is 0 Å². The summed E-state index contributed by atoms with van der Waals surface area (Å²) in [6, 6.07) is 23.3. The Balaban J connectivity index is 1.36. The monoisotopic (exact) mass is 538 g/mol. The average molecular weight is 539 g/mol. The van der Waals surface area contributed by atoms with Crippen molar-refractivity contribution >= 4 is 12.1 Å². The summed E-state index contributed by atoms with van der Waals surface area (Å²) >= 11 is 0. The van der Waals surface area contributed by atoms with E-state index in [-0.39, 0.29) is 5.97 Å². The van der Waals surface area contributed by atoms with E-state index in [9.17, 15) is 9.59 Å². The minimum Gasteiger partial charge on any atom is -0.496 e. The number of carbonyl (C=O) groups excluding carboxylic acids is 2. The van der Waals surface area contributed by atoms with Crippen molar-refractivity contribution in [3.05, 3.63) is 117 Å². The number of methoxy groups -OCH3 is 1. The Morgan fingerprint density at radius 2 is 0.850 bits per heavy atom. The zero-order valence-electron chi connectivity index (χ0n) is 23.8. The molecule has 0 radical (unpaired) electrons. The van der Waals surface area contributed by atoms with Gasteiger partial charge in [-0.1, -0.05) is 48.5 Å². The Labute approximate surface area is 235 Å². The van der Waals surface area contributed by atoms with Crippen molar-refractivity contribution in [1.82, 2.24) is 0 Å². The third-order valence-electron chi connectivity index (χ3n) is 6.63. The van der Waals surface area contributed by atoms with Crippen molar-refractivity contribution in [2.75, 3.05) is 7.11 Å². The van der Waals surface area contributed by atoms with Gasteiger partial charge in [0, 0.05) is 6.92 Å². The summed E-state index contributed by atoms with van der Waals surface area (Å²) in [6.07, 6.45) is 0.667. The Morgan fingerprint density at radius 3 is 1.15 bits per heavy atom. The summed E-state index contributed by atoms with van der Waals surface area (Å²) in [4.78, 5) is 23.8. The molecule has 0 amide bonds. The number of esters is 1. The number of carbonyl (C=O) groups is 2. The fourth-order valence-electron chi connectivity index (χ4n) is 4.69. The molecule has 4 aromatic carbocycles. The molecular weight excluding hydrogens is 504 g/mol. The third kappa shape index (κ3) is 7.29. The van der Waals surface area contributed by atoms with Crippen LogP contribution >= 0.6 is 0 Å². The number of rotatable bonds is 8. The standard InChI is InChI=1S/C34H34O6/c1-21-15-26(7-11-30(21)37-6)19-28-9-13-32(23(3)17-28)39-34(36)40-33-14-10-29(18-24(33)4)20-27-8-12-31(22(2)16-27)38-25(5)35/h7-18H,19-20H2,1-6H3. The second kappa shape index (κ2) is 12.5. The van der Waals surface area contributed by atoms with E-state index in [0.717, 1.165) is 51.1 Å². The molecule has 206 valence electrons. The lowest BCUT2D eigenvalue weighted by Crippen LogP contribution is -2.15. The van der Waals surface area contributed by atoms with Crippen LogP contribution in [0.5, 0.6) is 23.0 Å². The van der Waals surface area contributed by atoms with Gasteiger partial charge in [0.25, 0.3) is 0 Å². The van der Waals surface area contributed by atoms with Crippen molar-refractivity contribution in [2.45, 2.75) is 47.5 Å². The first-order chi connectivity index (χ1) is 19.1. The van der Waals surface area contributed by atoms with Crippen molar-refractivity contribution in [3.63, 3.8) is 0 Å². The van der Waals surface area contributed by atoms with E-state index < -0.39 is 6.16 Å². The molecule has 4 aromatic rings. The van der Waals surface area contributed by atoms with E-state index in [0.29, 0.717) is 23.7 Å². The molecule has 0 atom stereocenters. The molecule has 0 aliphatic carbocycles. The van der Waals surface area contributed by atoms with Gasteiger partial charge in [0.1, 0.15) is 23.0 Å². The summed E-state index contributed by atoms with van der Waals surface area (Å²) in [5, 5.41) is 0. The molecule has 40 heavy (non-hydrogen) atoms. The summed E-state index contributed by atoms with van der Waals surface area (Å²) in [6.45, 7) is 9.12. The first-order valence-electron chi connectivity index (χ1n) is 13.1. The summed E-state index contributed by atoms with van der Waals surface area (Å²) in [7, 11) is 1.67. The molecule has 6 heteroatoms. The van der Waals surface area contributed by atoms with Crippen LogP contribution in [0, 0.1) is 27.7 Å². The molecule has 0 saturated heterocycles. The topological polar surface area (TPSA) is 71.1 Å². The minimum absolute atomic E-state index is 0.340. The van der Waals surface area contributed by atoms with Crippen LogP contribution in [0.2, 0.25) is 0 Å². The van der Waals surface area contributed by atoms with Crippen LogP contribution < -0.4 is 18.9 Å². The maximum absolute atomic E-state index is 12.6.